The minimum absolute atomic E-state index is 0.0626. The number of carbonyl (C=O) groups excluding carboxylic acids is 2. The van der Waals surface area contributed by atoms with Gasteiger partial charge in [-0.2, -0.15) is 0 Å². The molecule has 0 spiro atoms. The molecule has 2 bridgehead atoms. The number of esters is 2. The zero-order valence-electron chi connectivity index (χ0n) is 15.4. The Labute approximate surface area is 150 Å². The number of fused-ring (bicyclic) bond motifs is 2. The summed E-state index contributed by atoms with van der Waals surface area (Å²) in [5, 5.41) is 0. The topological polar surface area (TPSA) is 96.0 Å². The first-order chi connectivity index (χ1) is 11.5. The highest BCUT2D eigenvalue weighted by molar-refractivity contribution is 7.67. The van der Waals surface area contributed by atoms with Crippen molar-refractivity contribution in [3.8, 4) is 0 Å². The Balaban J connectivity index is 2.04. The van der Waals surface area contributed by atoms with Crippen LogP contribution in [0.15, 0.2) is 0 Å². The fraction of sp³-hybridized carbons (Fsp3) is 0.882. The van der Waals surface area contributed by atoms with Crippen LogP contribution in [0.3, 0.4) is 0 Å². The van der Waals surface area contributed by atoms with E-state index in [0.717, 1.165) is 19.3 Å². The Hall–Kier alpha value is -1.15. The van der Waals surface area contributed by atoms with Gasteiger partial charge in [-0.1, -0.05) is 13.8 Å². The molecule has 2 aliphatic rings. The van der Waals surface area contributed by atoms with Crippen molar-refractivity contribution in [1.82, 2.24) is 0 Å². The van der Waals surface area contributed by atoms with Crippen LogP contribution >= 0.6 is 0 Å². The maximum Gasteiger partial charge on any atom is 0.347 e. The van der Waals surface area contributed by atoms with Crippen LogP contribution in [0.4, 0.5) is 0 Å². The molecule has 2 aliphatic carbocycles. The summed E-state index contributed by atoms with van der Waals surface area (Å²) >= 11 is 0. The van der Waals surface area contributed by atoms with Crippen molar-refractivity contribution in [2.75, 3.05) is 0 Å². The monoisotopic (exact) mass is 376 g/mol. The third-order valence-electron chi connectivity index (χ3n) is 5.77. The fourth-order valence-electron chi connectivity index (χ4n) is 3.68. The van der Waals surface area contributed by atoms with E-state index < -0.39 is 46.7 Å². The number of carbonyl (C=O) groups is 2. The molecule has 0 radical (unpaired) electrons. The van der Waals surface area contributed by atoms with Gasteiger partial charge in [0, 0.05) is 5.41 Å². The van der Waals surface area contributed by atoms with Crippen molar-refractivity contribution < 1.29 is 31.7 Å². The van der Waals surface area contributed by atoms with Crippen molar-refractivity contribution in [3.63, 3.8) is 0 Å². The highest BCUT2D eigenvalue weighted by Crippen LogP contribution is 2.56. The van der Waals surface area contributed by atoms with Gasteiger partial charge in [-0.15, -0.1) is 0 Å². The Kier molecular flexibility index (Phi) is 5.83. The van der Waals surface area contributed by atoms with Crippen LogP contribution in [0, 0.1) is 16.7 Å². The molecule has 0 saturated heterocycles. The molecule has 5 atom stereocenters. The number of hydrogen-bond donors (Lipinski definition) is 1. The van der Waals surface area contributed by atoms with E-state index >= 15 is 0 Å². The zero-order chi connectivity index (χ0) is 19.0. The average Bonchev–Trinajstić information content (AvgIpc) is 3.02. The van der Waals surface area contributed by atoms with Crippen molar-refractivity contribution >= 4 is 22.9 Å². The van der Waals surface area contributed by atoms with Gasteiger partial charge in [0.1, 0.15) is 12.2 Å². The van der Waals surface area contributed by atoms with Crippen molar-refractivity contribution in [2.45, 2.75) is 78.6 Å². The number of hydrogen-bond acceptors (Lipinski definition) is 7. The quantitative estimate of drug-likeness (QED) is 0.536. The van der Waals surface area contributed by atoms with Gasteiger partial charge in [0.2, 0.25) is 0 Å². The lowest BCUT2D eigenvalue weighted by Gasteiger charge is -2.35. The Morgan fingerprint density at radius 2 is 1.96 bits per heavy atom. The van der Waals surface area contributed by atoms with Crippen LogP contribution in [0.25, 0.3) is 0 Å². The smallest absolute Gasteiger partial charge is 0.347 e. The second-order valence-electron chi connectivity index (χ2n) is 8.09. The van der Waals surface area contributed by atoms with Crippen LogP contribution in [-0.4, -0.2) is 38.7 Å². The van der Waals surface area contributed by atoms with Gasteiger partial charge in [-0.3, -0.25) is 8.98 Å². The van der Waals surface area contributed by atoms with Crippen LogP contribution in [-0.2, 0) is 34.2 Å². The maximum atomic E-state index is 12.4. The molecule has 2 rings (SSSR count). The van der Waals surface area contributed by atoms with E-state index in [1.807, 2.05) is 13.8 Å². The summed E-state index contributed by atoms with van der Waals surface area (Å²) in [5.74, 6) is -1.07. The van der Waals surface area contributed by atoms with E-state index in [9.17, 15) is 18.0 Å². The molecule has 5 unspecified atom stereocenters. The van der Waals surface area contributed by atoms with Gasteiger partial charge in [-0.25, -0.2) is 13.2 Å². The largest absolute Gasteiger partial charge is 0.456 e. The Morgan fingerprint density at radius 1 is 1.32 bits per heavy atom. The number of rotatable bonds is 7. The lowest BCUT2D eigenvalue weighted by Crippen LogP contribution is -2.45. The minimum Gasteiger partial charge on any atom is -0.456 e. The molecular formula is C17H28O7S. The summed E-state index contributed by atoms with van der Waals surface area (Å²) in [6, 6.07) is 0. The van der Waals surface area contributed by atoms with E-state index in [4.69, 9.17) is 13.7 Å². The van der Waals surface area contributed by atoms with Gasteiger partial charge in [0.25, 0.3) is 11.0 Å². The standard InChI is InChI=1S/C17H28O7S/c1-6-16(3,4)15(19)22-10(2)14(18)23-13-12(24-25(20)21)11-7-8-17(13,5)9-11/h10-13,25H,6-9H2,1-5H3. The molecule has 0 aromatic rings. The fourth-order valence-corrected chi connectivity index (χ4v) is 4.17. The second-order valence-corrected chi connectivity index (χ2v) is 8.75. The summed E-state index contributed by atoms with van der Waals surface area (Å²) in [5.41, 5.74) is -0.984. The molecule has 0 amide bonds. The van der Waals surface area contributed by atoms with Gasteiger partial charge in [0.15, 0.2) is 6.10 Å². The van der Waals surface area contributed by atoms with Crippen LogP contribution in [0.2, 0.25) is 0 Å². The summed E-state index contributed by atoms with van der Waals surface area (Å²) in [6.07, 6.45) is 0.696. The van der Waals surface area contributed by atoms with E-state index in [1.165, 1.54) is 6.92 Å². The highest BCUT2D eigenvalue weighted by Gasteiger charge is 2.58. The zero-order valence-corrected chi connectivity index (χ0v) is 16.3. The lowest BCUT2D eigenvalue weighted by molar-refractivity contribution is -0.182. The summed E-state index contributed by atoms with van der Waals surface area (Å²) in [7, 11) is -3.02. The first-order valence-corrected chi connectivity index (χ1v) is 9.82. The predicted octanol–water partition coefficient (Wildman–Crippen LogP) is 2.00. The summed E-state index contributed by atoms with van der Waals surface area (Å²) in [6.45, 7) is 8.80. The van der Waals surface area contributed by atoms with E-state index in [2.05, 4.69) is 0 Å². The molecule has 0 aromatic heterocycles. The molecule has 25 heavy (non-hydrogen) atoms. The molecule has 0 aromatic carbocycles. The molecule has 2 fully saturated rings. The van der Waals surface area contributed by atoms with Gasteiger partial charge in [-0.05, 0) is 52.4 Å². The molecule has 144 valence electrons. The molecular weight excluding hydrogens is 348 g/mol. The van der Waals surface area contributed by atoms with Gasteiger partial charge < -0.3 is 9.47 Å². The molecule has 8 heteroatoms. The normalized spacial score (nSPS) is 32.6. The van der Waals surface area contributed by atoms with Crippen molar-refractivity contribution in [3.05, 3.63) is 0 Å². The van der Waals surface area contributed by atoms with Gasteiger partial charge >= 0.3 is 11.9 Å². The number of ether oxygens (including phenoxy) is 2. The SMILES string of the molecule is CCC(C)(C)C(=O)OC(C)C(=O)OC1C(O[SH](=O)=O)C2CCC1(C)C2. The molecule has 0 aliphatic heterocycles. The van der Waals surface area contributed by atoms with Crippen molar-refractivity contribution in [2.24, 2.45) is 16.7 Å². The molecule has 0 heterocycles. The first kappa shape index (κ1) is 20.2. The van der Waals surface area contributed by atoms with E-state index in [1.54, 1.807) is 13.8 Å². The van der Waals surface area contributed by atoms with Crippen LogP contribution < -0.4 is 0 Å². The third kappa shape index (κ3) is 4.16. The summed E-state index contributed by atoms with van der Waals surface area (Å²) in [4.78, 5) is 24.5. The first-order valence-electron chi connectivity index (χ1n) is 8.73. The maximum absolute atomic E-state index is 12.4. The predicted molar refractivity (Wildman–Crippen MR) is 90.1 cm³/mol. The highest BCUT2D eigenvalue weighted by atomic mass is 32.2. The Morgan fingerprint density at radius 3 is 2.52 bits per heavy atom. The third-order valence-corrected chi connectivity index (χ3v) is 6.18. The number of thiol groups is 1. The van der Waals surface area contributed by atoms with Crippen molar-refractivity contribution in [1.29, 1.82) is 0 Å². The summed E-state index contributed by atoms with van der Waals surface area (Å²) < 4.78 is 37.8. The second kappa shape index (κ2) is 7.23. The van der Waals surface area contributed by atoms with Gasteiger partial charge in [0.05, 0.1) is 5.41 Å². The average molecular weight is 376 g/mol. The van der Waals surface area contributed by atoms with Crippen LogP contribution in [0.1, 0.15) is 60.3 Å². The minimum atomic E-state index is -3.02. The van der Waals surface area contributed by atoms with E-state index in [0.29, 0.717) is 6.42 Å². The Bertz CT molecular complexity index is 604. The molecule has 2 saturated carbocycles. The van der Waals surface area contributed by atoms with E-state index in [-0.39, 0.29) is 11.3 Å². The lowest BCUT2D eigenvalue weighted by atomic mass is 9.82. The van der Waals surface area contributed by atoms with Crippen LogP contribution in [0.5, 0.6) is 0 Å². The molecule has 7 nitrogen and oxygen atoms in total. The molecule has 0 N–H and O–H groups in total.